The van der Waals surface area contributed by atoms with Gasteiger partial charge in [0.25, 0.3) is 11.1 Å². The highest BCUT2D eigenvalue weighted by Gasteiger charge is 2.14. The number of fused-ring (bicyclic) bond motifs is 1. The smallest absolute Gasteiger partial charge is 0.273 e. The Hall–Kier alpha value is -2.41. The molecule has 0 atom stereocenters. The largest absolute Gasteiger partial charge is 0.395 e. The van der Waals surface area contributed by atoms with Crippen LogP contribution in [0.2, 0.25) is 0 Å². The molecule has 7 heteroatoms. The van der Waals surface area contributed by atoms with Crippen LogP contribution in [0.15, 0.2) is 33.9 Å². The van der Waals surface area contributed by atoms with Crippen LogP contribution in [-0.4, -0.2) is 45.4 Å². The molecule has 0 saturated heterocycles. The summed E-state index contributed by atoms with van der Waals surface area (Å²) >= 11 is 0. The Balaban J connectivity index is 2.15. The lowest BCUT2D eigenvalue weighted by Crippen LogP contribution is -2.36. The lowest BCUT2D eigenvalue weighted by Gasteiger charge is -2.21. The van der Waals surface area contributed by atoms with E-state index in [1.165, 1.54) is 4.68 Å². The highest BCUT2D eigenvalue weighted by molar-refractivity contribution is 5.80. The number of carbonyl (C=O) groups excluding carboxylic acids is 1. The minimum atomic E-state index is -0.351. The predicted octanol–water partition coefficient (Wildman–Crippen LogP) is 0.701. The van der Waals surface area contributed by atoms with Crippen LogP contribution >= 0.6 is 0 Å². The molecule has 2 rings (SSSR count). The zero-order valence-corrected chi connectivity index (χ0v) is 13.8. The Morgan fingerprint density at radius 3 is 2.58 bits per heavy atom. The minimum absolute atomic E-state index is 0.0950. The molecule has 0 spiro atoms. The standard InChI is InChI=1S/C17H23N3O4/c1-2-3-9-19(11-12-21)15(22)8-10-20-17(24)14-7-5-4-6-13(14)16(23)18-20/h4-7,21H,2-3,8-12H2,1H3,(H,18,23). The Morgan fingerprint density at radius 1 is 1.21 bits per heavy atom. The van der Waals surface area contributed by atoms with Crippen LogP contribution in [0.5, 0.6) is 0 Å². The molecule has 1 aromatic carbocycles. The summed E-state index contributed by atoms with van der Waals surface area (Å²) in [6.07, 6.45) is 1.91. The maximum atomic E-state index is 12.4. The van der Waals surface area contributed by atoms with E-state index in [-0.39, 0.29) is 43.1 Å². The molecule has 0 aliphatic heterocycles. The first kappa shape index (κ1) is 17.9. The number of hydrogen-bond acceptors (Lipinski definition) is 4. The zero-order chi connectivity index (χ0) is 17.5. The summed E-state index contributed by atoms with van der Waals surface area (Å²) in [5, 5.41) is 12.3. The molecule has 0 saturated carbocycles. The number of aryl methyl sites for hydroxylation is 1. The van der Waals surface area contributed by atoms with E-state index < -0.39 is 0 Å². The Labute approximate surface area is 139 Å². The number of aliphatic hydroxyl groups is 1. The van der Waals surface area contributed by atoms with Gasteiger partial charge < -0.3 is 10.0 Å². The first-order valence-corrected chi connectivity index (χ1v) is 8.19. The highest BCUT2D eigenvalue weighted by atomic mass is 16.3. The fraction of sp³-hybridized carbons (Fsp3) is 0.471. The minimum Gasteiger partial charge on any atom is -0.395 e. The van der Waals surface area contributed by atoms with Crippen molar-refractivity contribution in [2.75, 3.05) is 19.7 Å². The number of aliphatic hydroxyl groups excluding tert-OH is 1. The summed E-state index contributed by atoms with van der Waals surface area (Å²) < 4.78 is 1.18. The maximum Gasteiger partial charge on any atom is 0.273 e. The van der Waals surface area contributed by atoms with Gasteiger partial charge in [-0.3, -0.25) is 19.5 Å². The number of nitrogens with one attached hydrogen (secondary N) is 1. The second-order valence-corrected chi connectivity index (χ2v) is 5.65. The second-order valence-electron chi connectivity index (χ2n) is 5.65. The van der Waals surface area contributed by atoms with Crippen LogP contribution in [0, 0.1) is 0 Å². The van der Waals surface area contributed by atoms with Gasteiger partial charge >= 0.3 is 0 Å². The number of hydrogen-bond donors (Lipinski definition) is 2. The summed E-state index contributed by atoms with van der Waals surface area (Å²) in [4.78, 5) is 38.3. The normalized spacial score (nSPS) is 10.9. The van der Waals surface area contributed by atoms with Crippen molar-refractivity contribution in [1.29, 1.82) is 0 Å². The van der Waals surface area contributed by atoms with E-state index in [1.54, 1.807) is 29.2 Å². The number of carbonyl (C=O) groups is 1. The maximum absolute atomic E-state index is 12.4. The van der Waals surface area contributed by atoms with Gasteiger partial charge in [0.2, 0.25) is 5.91 Å². The van der Waals surface area contributed by atoms with Gasteiger partial charge in [0, 0.05) is 19.5 Å². The number of aromatic amines is 1. The molecular weight excluding hydrogens is 310 g/mol. The van der Waals surface area contributed by atoms with E-state index >= 15 is 0 Å². The van der Waals surface area contributed by atoms with E-state index in [0.717, 1.165) is 12.8 Å². The molecule has 0 radical (unpaired) electrons. The molecule has 0 unspecified atom stereocenters. The van der Waals surface area contributed by atoms with Gasteiger partial charge in [-0.25, -0.2) is 4.68 Å². The van der Waals surface area contributed by atoms with E-state index in [1.807, 2.05) is 6.92 Å². The van der Waals surface area contributed by atoms with Crippen LogP contribution < -0.4 is 11.1 Å². The first-order valence-electron chi connectivity index (χ1n) is 8.19. The van der Waals surface area contributed by atoms with Crippen molar-refractivity contribution in [3.8, 4) is 0 Å². The summed E-state index contributed by atoms with van der Waals surface area (Å²) in [5.74, 6) is -0.140. The van der Waals surface area contributed by atoms with Crippen molar-refractivity contribution in [3.05, 3.63) is 45.0 Å². The number of aromatic nitrogens is 2. The average Bonchev–Trinajstić information content (AvgIpc) is 2.60. The van der Waals surface area contributed by atoms with Crippen LogP contribution in [0.1, 0.15) is 26.2 Å². The molecule has 130 valence electrons. The number of H-pyrrole nitrogens is 1. The Kier molecular flexibility index (Phi) is 6.31. The molecule has 0 bridgehead atoms. The van der Waals surface area contributed by atoms with Crippen LogP contribution in [0.25, 0.3) is 10.8 Å². The van der Waals surface area contributed by atoms with Gasteiger partial charge in [-0.1, -0.05) is 25.5 Å². The van der Waals surface area contributed by atoms with Gasteiger partial charge in [-0.2, -0.15) is 0 Å². The molecule has 1 heterocycles. The summed E-state index contributed by atoms with van der Waals surface area (Å²) in [5.41, 5.74) is -0.670. The number of unbranched alkanes of at least 4 members (excludes halogenated alkanes) is 1. The monoisotopic (exact) mass is 333 g/mol. The SMILES string of the molecule is CCCCN(CCO)C(=O)CCn1[nH]c(=O)c2ccccc2c1=O. The van der Waals surface area contributed by atoms with Crippen LogP contribution in [-0.2, 0) is 11.3 Å². The molecular formula is C17H23N3O4. The van der Waals surface area contributed by atoms with E-state index in [4.69, 9.17) is 5.11 Å². The molecule has 24 heavy (non-hydrogen) atoms. The topological polar surface area (TPSA) is 95.4 Å². The van der Waals surface area contributed by atoms with E-state index in [9.17, 15) is 14.4 Å². The number of rotatable bonds is 8. The molecule has 0 aliphatic rings. The molecule has 2 aromatic rings. The number of amides is 1. The molecule has 0 fully saturated rings. The van der Waals surface area contributed by atoms with Gasteiger partial charge in [0.15, 0.2) is 0 Å². The third-order valence-electron chi connectivity index (χ3n) is 3.94. The van der Waals surface area contributed by atoms with Crippen molar-refractivity contribution < 1.29 is 9.90 Å². The lowest BCUT2D eigenvalue weighted by atomic mass is 10.2. The Morgan fingerprint density at radius 2 is 1.92 bits per heavy atom. The van der Waals surface area contributed by atoms with Crippen molar-refractivity contribution in [3.63, 3.8) is 0 Å². The molecule has 1 aromatic heterocycles. The van der Waals surface area contributed by atoms with Gasteiger partial charge in [-0.15, -0.1) is 0 Å². The van der Waals surface area contributed by atoms with Crippen molar-refractivity contribution >= 4 is 16.7 Å². The number of benzene rings is 1. The van der Waals surface area contributed by atoms with Gasteiger partial charge in [-0.05, 0) is 18.6 Å². The first-order chi connectivity index (χ1) is 11.6. The summed E-state index contributed by atoms with van der Waals surface area (Å²) in [7, 11) is 0. The quantitative estimate of drug-likeness (QED) is 0.743. The van der Waals surface area contributed by atoms with Crippen molar-refractivity contribution in [2.24, 2.45) is 0 Å². The third-order valence-corrected chi connectivity index (χ3v) is 3.94. The zero-order valence-electron chi connectivity index (χ0n) is 13.8. The van der Waals surface area contributed by atoms with Gasteiger partial charge in [0.1, 0.15) is 0 Å². The predicted molar refractivity (Wildman–Crippen MR) is 92.0 cm³/mol. The number of nitrogens with zero attached hydrogens (tertiary/aromatic N) is 2. The molecule has 1 amide bonds. The van der Waals surface area contributed by atoms with Gasteiger partial charge in [0.05, 0.1) is 23.9 Å². The van der Waals surface area contributed by atoms with E-state index in [0.29, 0.717) is 17.3 Å². The fourth-order valence-corrected chi connectivity index (χ4v) is 2.60. The van der Waals surface area contributed by atoms with E-state index in [2.05, 4.69) is 5.10 Å². The summed E-state index contributed by atoms with van der Waals surface area (Å²) in [6.45, 7) is 2.90. The van der Waals surface area contributed by atoms with Crippen LogP contribution in [0.3, 0.4) is 0 Å². The Bertz CT molecular complexity index is 809. The average molecular weight is 333 g/mol. The molecule has 2 N–H and O–H groups in total. The molecule has 0 aliphatic carbocycles. The highest BCUT2D eigenvalue weighted by Crippen LogP contribution is 2.03. The molecule has 7 nitrogen and oxygen atoms in total. The van der Waals surface area contributed by atoms with Crippen LogP contribution in [0.4, 0.5) is 0 Å². The van der Waals surface area contributed by atoms with Crippen molar-refractivity contribution in [1.82, 2.24) is 14.7 Å². The third kappa shape index (κ3) is 4.11. The van der Waals surface area contributed by atoms with Crippen molar-refractivity contribution in [2.45, 2.75) is 32.7 Å². The second kappa shape index (κ2) is 8.44. The summed E-state index contributed by atoms with van der Waals surface area (Å²) in [6, 6.07) is 6.60. The fourth-order valence-electron chi connectivity index (χ4n) is 2.60. The lowest BCUT2D eigenvalue weighted by molar-refractivity contribution is -0.132.